The van der Waals surface area contributed by atoms with Crippen LogP contribution in [0.15, 0.2) is 41.0 Å². The number of nitrogens with zero attached hydrogens (tertiary/aromatic N) is 2. The van der Waals surface area contributed by atoms with E-state index in [1.165, 1.54) is 0 Å². The molecule has 0 radical (unpaired) electrons. The van der Waals surface area contributed by atoms with Crippen molar-refractivity contribution < 1.29 is 23.5 Å². The molecule has 1 aliphatic carbocycles. The lowest BCUT2D eigenvalue weighted by molar-refractivity contribution is -0.141. The van der Waals surface area contributed by atoms with E-state index in [-0.39, 0.29) is 31.2 Å². The van der Waals surface area contributed by atoms with Gasteiger partial charge in [-0.2, -0.15) is 0 Å². The molecule has 2 aliphatic rings. The number of hydrogen-bond acceptors (Lipinski definition) is 5. The molecule has 1 aliphatic heterocycles. The summed E-state index contributed by atoms with van der Waals surface area (Å²) in [7, 11) is 0. The van der Waals surface area contributed by atoms with Gasteiger partial charge in [-0.25, -0.2) is 0 Å². The highest BCUT2D eigenvalue weighted by atomic mass is 16.7. The first-order valence-electron chi connectivity index (χ1n) is 9.62. The fraction of sp³-hybridized carbons (Fsp3) is 0.429. The third kappa shape index (κ3) is 4.13. The predicted octanol–water partition coefficient (Wildman–Crippen LogP) is 2.94. The lowest BCUT2D eigenvalue weighted by Crippen LogP contribution is -2.43. The van der Waals surface area contributed by atoms with E-state index >= 15 is 0 Å². The van der Waals surface area contributed by atoms with Crippen molar-refractivity contribution >= 4 is 11.8 Å². The van der Waals surface area contributed by atoms with Crippen LogP contribution >= 0.6 is 0 Å². The van der Waals surface area contributed by atoms with Gasteiger partial charge >= 0.3 is 0 Å². The van der Waals surface area contributed by atoms with Gasteiger partial charge in [0.25, 0.3) is 0 Å². The highest BCUT2D eigenvalue weighted by molar-refractivity contribution is 5.85. The van der Waals surface area contributed by atoms with E-state index in [4.69, 9.17) is 13.9 Å². The summed E-state index contributed by atoms with van der Waals surface area (Å²) in [6.07, 6.45) is 3.94. The minimum Gasteiger partial charge on any atom is -0.467 e. The van der Waals surface area contributed by atoms with Gasteiger partial charge in [0.05, 0.1) is 12.8 Å². The molecule has 28 heavy (non-hydrogen) atoms. The fourth-order valence-corrected chi connectivity index (χ4v) is 3.34. The molecule has 0 unspecified atom stereocenters. The van der Waals surface area contributed by atoms with Crippen LogP contribution in [0.4, 0.5) is 0 Å². The summed E-state index contributed by atoms with van der Waals surface area (Å²) in [5, 5.41) is 0. The molecular weight excluding hydrogens is 360 g/mol. The second kappa shape index (κ2) is 7.96. The van der Waals surface area contributed by atoms with E-state index in [0.29, 0.717) is 36.8 Å². The molecule has 2 amide bonds. The number of fused-ring (bicyclic) bond motifs is 1. The quantitative estimate of drug-likeness (QED) is 0.700. The van der Waals surface area contributed by atoms with Crippen molar-refractivity contribution in [3.8, 4) is 11.5 Å². The Morgan fingerprint density at radius 3 is 2.61 bits per heavy atom. The smallest absolute Gasteiger partial charge is 0.242 e. The van der Waals surface area contributed by atoms with Gasteiger partial charge < -0.3 is 23.7 Å². The van der Waals surface area contributed by atoms with Gasteiger partial charge in [0, 0.05) is 19.0 Å². The summed E-state index contributed by atoms with van der Waals surface area (Å²) >= 11 is 0. The molecule has 148 valence electrons. The zero-order valence-electron chi connectivity index (χ0n) is 15.9. The molecule has 1 fully saturated rings. The van der Waals surface area contributed by atoms with Crippen molar-refractivity contribution in [1.82, 2.24) is 9.80 Å². The second-order valence-electron chi connectivity index (χ2n) is 7.12. The number of furan rings is 1. The SMILES string of the molecule is CCC(=O)N(CC(=O)N(Cc1ccc2c(c1)OCO2)Cc1ccco1)C1CC1. The van der Waals surface area contributed by atoms with E-state index in [1.54, 1.807) is 22.1 Å². The summed E-state index contributed by atoms with van der Waals surface area (Å²) in [6.45, 7) is 2.88. The number of carbonyl (C=O) groups is 2. The number of amides is 2. The Balaban J connectivity index is 1.51. The maximum Gasteiger partial charge on any atom is 0.242 e. The minimum absolute atomic E-state index is 0.0249. The Kier molecular flexibility index (Phi) is 5.23. The zero-order chi connectivity index (χ0) is 19.5. The highest BCUT2D eigenvalue weighted by Crippen LogP contribution is 2.33. The van der Waals surface area contributed by atoms with Crippen LogP contribution in [0, 0.1) is 0 Å². The van der Waals surface area contributed by atoms with Crippen molar-refractivity contribution in [2.45, 2.75) is 45.3 Å². The molecule has 1 aromatic carbocycles. The summed E-state index contributed by atoms with van der Waals surface area (Å²) in [5.74, 6) is 2.03. The van der Waals surface area contributed by atoms with Gasteiger partial charge in [-0.15, -0.1) is 0 Å². The molecular formula is C21H24N2O5. The van der Waals surface area contributed by atoms with Crippen molar-refractivity contribution in [1.29, 1.82) is 0 Å². The Hall–Kier alpha value is -2.96. The molecule has 0 spiro atoms. The predicted molar refractivity (Wildman–Crippen MR) is 101 cm³/mol. The van der Waals surface area contributed by atoms with Crippen LogP contribution in [0.5, 0.6) is 11.5 Å². The van der Waals surface area contributed by atoms with Crippen LogP contribution in [0.1, 0.15) is 37.5 Å². The van der Waals surface area contributed by atoms with Gasteiger partial charge in [-0.3, -0.25) is 9.59 Å². The summed E-state index contributed by atoms with van der Waals surface area (Å²) < 4.78 is 16.2. The lowest BCUT2D eigenvalue weighted by Gasteiger charge is -2.27. The average Bonchev–Trinajstić information content (AvgIpc) is 3.21. The monoisotopic (exact) mass is 384 g/mol. The Labute approximate surface area is 163 Å². The number of rotatable bonds is 8. The topological polar surface area (TPSA) is 72.2 Å². The summed E-state index contributed by atoms with van der Waals surface area (Å²) in [4.78, 5) is 28.8. The van der Waals surface area contributed by atoms with E-state index in [2.05, 4.69) is 0 Å². The Morgan fingerprint density at radius 1 is 1.07 bits per heavy atom. The molecule has 4 rings (SSSR count). The van der Waals surface area contributed by atoms with Crippen molar-refractivity contribution in [3.05, 3.63) is 47.9 Å². The molecule has 1 aromatic heterocycles. The highest BCUT2D eigenvalue weighted by Gasteiger charge is 2.34. The molecule has 0 N–H and O–H groups in total. The zero-order valence-corrected chi connectivity index (χ0v) is 15.9. The standard InChI is InChI=1S/C21H24N2O5/c1-2-20(24)23(16-6-7-16)13-21(25)22(12-17-4-3-9-26-17)11-15-5-8-18-19(10-15)28-14-27-18/h3-5,8-10,16H,2,6-7,11-14H2,1H3. The van der Waals surface area contributed by atoms with Crippen LogP contribution in [0.3, 0.4) is 0 Å². The van der Waals surface area contributed by atoms with Crippen LogP contribution in [0.2, 0.25) is 0 Å². The number of ether oxygens (including phenoxy) is 2. The number of benzene rings is 1. The first kappa shape index (κ1) is 18.4. The first-order valence-corrected chi connectivity index (χ1v) is 9.62. The van der Waals surface area contributed by atoms with Gasteiger partial charge in [0.15, 0.2) is 11.5 Å². The van der Waals surface area contributed by atoms with E-state index in [0.717, 1.165) is 18.4 Å². The Morgan fingerprint density at radius 2 is 1.89 bits per heavy atom. The van der Waals surface area contributed by atoms with E-state index < -0.39 is 0 Å². The van der Waals surface area contributed by atoms with Gasteiger partial charge in [0.1, 0.15) is 12.3 Å². The number of carbonyl (C=O) groups excluding carboxylic acids is 2. The summed E-state index contributed by atoms with van der Waals surface area (Å²) in [6, 6.07) is 9.51. The van der Waals surface area contributed by atoms with Crippen LogP contribution < -0.4 is 9.47 Å². The van der Waals surface area contributed by atoms with Crippen molar-refractivity contribution in [3.63, 3.8) is 0 Å². The first-order chi connectivity index (χ1) is 13.6. The van der Waals surface area contributed by atoms with E-state index in [1.807, 2.05) is 31.2 Å². The van der Waals surface area contributed by atoms with Crippen molar-refractivity contribution in [2.24, 2.45) is 0 Å². The molecule has 0 atom stereocenters. The normalized spacial score (nSPS) is 14.8. The van der Waals surface area contributed by atoms with Crippen LogP contribution in [-0.4, -0.2) is 41.0 Å². The molecule has 1 saturated carbocycles. The minimum atomic E-state index is -0.0947. The third-order valence-corrected chi connectivity index (χ3v) is 5.01. The van der Waals surface area contributed by atoms with Gasteiger partial charge in [-0.05, 0) is 42.7 Å². The molecule has 7 heteroatoms. The van der Waals surface area contributed by atoms with Gasteiger partial charge in [-0.1, -0.05) is 13.0 Å². The number of hydrogen-bond donors (Lipinski definition) is 0. The van der Waals surface area contributed by atoms with Crippen LogP contribution in [-0.2, 0) is 22.7 Å². The molecule has 7 nitrogen and oxygen atoms in total. The Bertz CT molecular complexity index is 844. The van der Waals surface area contributed by atoms with Crippen LogP contribution in [0.25, 0.3) is 0 Å². The molecule has 2 aromatic rings. The average molecular weight is 384 g/mol. The van der Waals surface area contributed by atoms with E-state index in [9.17, 15) is 9.59 Å². The maximum atomic E-state index is 13.1. The molecule has 0 saturated heterocycles. The lowest BCUT2D eigenvalue weighted by atomic mass is 10.2. The second-order valence-corrected chi connectivity index (χ2v) is 7.12. The maximum absolute atomic E-state index is 13.1. The van der Waals surface area contributed by atoms with Gasteiger partial charge in [0.2, 0.25) is 18.6 Å². The fourth-order valence-electron chi connectivity index (χ4n) is 3.34. The molecule has 2 heterocycles. The summed E-state index contributed by atoms with van der Waals surface area (Å²) in [5.41, 5.74) is 0.934. The third-order valence-electron chi connectivity index (χ3n) is 5.01. The van der Waals surface area contributed by atoms with Crippen molar-refractivity contribution in [2.75, 3.05) is 13.3 Å². The molecule has 0 bridgehead atoms. The largest absolute Gasteiger partial charge is 0.467 e.